The Labute approximate surface area is 102 Å². The lowest BCUT2D eigenvalue weighted by molar-refractivity contribution is -0.136. The molecule has 0 atom stereocenters. The van der Waals surface area contributed by atoms with Crippen LogP contribution in [0.25, 0.3) is 0 Å². The normalized spacial score (nSPS) is 10.7. The van der Waals surface area contributed by atoms with E-state index in [1.54, 1.807) is 24.0 Å². The van der Waals surface area contributed by atoms with Crippen LogP contribution in [0.5, 0.6) is 0 Å². The Bertz CT molecular complexity index is 547. The number of imidazole rings is 1. The van der Waals surface area contributed by atoms with Crippen molar-refractivity contribution in [3.05, 3.63) is 29.1 Å². The van der Waals surface area contributed by atoms with E-state index in [1.165, 1.54) is 4.68 Å². The number of nitrogens with zero attached hydrogens (tertiary/aromatic N) is 5. The van der Waals surface area contributed by atoms with Gasteiger partial charge in [0.15, 0.2) is 0 Å². The number of aromatic nitrogens is 5. The standard InChI is InChI=1S/C9H10ClN5O2/c1-14-7(10)3-11-8(14)5-15-4-6(12-13-15)2-9(16)17/h3-4H,2,5H2,1H3,(H,16,17). The van der Waals surface area contributed by atoms with Crippen LogP contribution in [-0.4, -0.2) is 35.6 Å². The second kappa shape index (κ2) is 4.54. The minimum Gasteiger partial charge on any atom is -0.481 e. The van der Waals surface area contributed by atoms with Crippen LogP contribution in [0.1, 0.15) is 11.5 Å². The maximum absolute atomic E-state index is 10.5. The number of carboxylic acids is 1. The zero-order chi connectivity index (χ0) is 12.4. The van der Waals surface area contributed by atoms with Gasteiger partial charge in [-0.15, -0.1) is 5.10 Å². The fourth-order valence-corrected chi connectivity index (χ4v) is 1.51. The van der Waals surface area contributed by atoms with Gasteiger partial charge in [-0.1, -0.05) is 16.8 Å². The molecule has 0 radical (unpaired) electrons. The Morgan fingerprint density at radius 3 is 2.94 bits per heavy atom. The maximum atomic E-state index is 10.5. The molecule has 8 heteroatoms. The lowest BCUT2D eigenvalue weighted by Crippen LogP contribution is -2.06. The van der Waals surface area contributed by atoms with Gasteiger partial charge in [-0.3, -0.25) is 4.79 Å². The van der Waals surface area contributed by atoms with Gasteiger partial charge in [0.2, 0.25) is 0 Å². The van der Waals surface area contributed by atoms with Crippen molar-refractivity contribution in [3.63, 3.8) is 0 Å². The van der Waals surface area contributed by atoms with Crippen LogP contribution in [0, 0.1) is 0 Å². The quantitative estimate of drug-likeness (QED) is 0.851. The van der Waals surface area contributed by atoms with Gasteiger partial charge in [0, 0.05) is 13.2 Å². The fraction of sp³-hybridized carbons (Fsp3) is 0.333. The second-order valence-electron chi connectivity index (χ2n) is 3.53. The molecular formula is C9H10ClN5O2. The van der Waals surface area contributed by atoms with E-state index in [0.29, 0.717) is 17.4 Å². The summed E-state index contributed by atoms with van der Waals surface area (Å²) in [5.74, 6) is -0.209. The highest BCUT2D eigenvalue weighted by molar-refractivity contribution is 6.29. The van der Waals surface area contributed by atoms with Gasteiger partial charge >= 0.3 is 5.97 Å². The van der Waals surface area contributed by atoms with Crippen LogP contribution in [0.2, 0.25) is 5.15 Å². The van der Waals surface area contributed by atoms with Crippen LogP contribution in [0.4, 0.5) is 0 Å². The van der Waals surface area contributed by atoms with Crippen molar-refractivity contribution in [3.8, 4) is 0 Å². The fourth-order valence-electron chi connectivity index (χ4n) is 1.37. The van der Waals surface area contributed by atoms with Crippen LogP contribution < -0.4 is 0 Å². The van der Waals surface area contributed by atoms with Gasteiger partial charge in [-0.05, 0) is 0 Å². The number of hydrogen-bond donors (Lipinski definition) is 1. The predicted molar refractivity (Wildman–Crippen MR) is 58.7 cm³/mol. The molecule has 2 aromatic heterocycles. The van der Waals surface area contributed by atoms with Crippen LogP contribution >= 0.6 is 11.6 Å². The first kappa shape index (κ1) is 11.6. The van der Waals surface area contributed by atoms with Gasteiger partial charge in [0.1, 0.15) is 17.5 Å². The Morgan fingerprint density at radius 2 is 2.35 bits per heavy atom. The first-order valence-electron chi connectivity index (χ1n) is 4.83. The van der Waals surface area contributed by atoms with Crippen LogP contribution in [0.15, 0.2) is 12.4 Å². The SMILES string of the molecule is Cn1c(Cl)cnc1Cn1cc(CC(=O)O)nn1. The molecule has 2 rings (SSSR count). The van der Waals surface area contributed by atoms with Crippen molar-refractivity contribution in [2.75, 3.05) is 0 Å². The van der Waals surface area contributed by atoms with E-state index < -0.39 is 5.97 Å². The van der Waals surface area contributed by atoms with E-state index in [0.717, 1.165) is 5.82 Å². The molecule has 0 saturated carbocycles. The van der Waals surface area contributed by atoms with Crippen LogP contribution in [0.3, 0.4) is 0 Å². The number of carboxylic acid groups (broad SMARTS) is 1. The largest absolute Gasteiger partial charge is 0.481 e. The van der Waals surface area contributed by atoms with E-state index in [2.05, 4.69) is 15.3 Å². The zero-order valence-electron chi connectivity index (χ0n) is 9.04. The highest BCUT2D eigenvalue weighted by Crippen LogP contribution is 2.09. The van der Waals surface area contributed by atoms with E-state index in [4.69, 9.17) is 16.7 Å². The average molecular weight is 256 g/mol. The molecule has 0 unspecified atom stereocenters. The highest BCUT2D eigenvalue weighted by Gasteiger charge is 2.09. The Morgan fingerprint density at radius 1 is 1.59 bits per heavy atom. The molecule has 0 bridgehead atoms. The molecule has 2 heterocycles. The molecule has 0 amide bonds. The minimum atomic E-state index is -0.933. The lowest BCUT2D eigenvalue weighted by atomic mass is 10.3. The van der Waals surface area contributed by atoms with Gasteiger partial charge in [-0.25, -0.2) is 9.67 Å². The van der Waals surface area contributed by atoms with E-state index >= 15 is 0 Å². The molecule has 0 saturated heterocycles. The highest BCUT2D eigenvalue weighted by atomic mass is 35.5. The number of rotatable bonds is 4. The molecule has 90 valence electrons. The summed E-state index contributed by atoms with van der Waals surface area (Å²) in [5, 5.41) is 16.7. The van der Waals surface area contributed by atoms with Crippen molar-refractivity contribution in [1.82, 2.24) is 24.5 Å². The summed E-state index contributed by atoms with van der Waals surface area (Å²) in [5.41, 5.74) is 0.415. The molecule has 0 spiro atoms. The van der Waals surface area contributed by atoms with Gasteiger partial charge in [0.25, 0.3) is 0 Å². The molecule has 0 aliphatic carbocycles. The summed E-state index contributed by atoms with van der Waals surface area (Å²) in [6, 6.07) is 0. The summed E-state index contributed by atoms with van der Waals surface area (Å²) in [4.78, 5) is 14.6. The van der Waals surface area contributed by atoms with E-state index in [-0.39, 0.29) is 6.42 Å². The summed E-state index contributed by atoms with van der Waals surface area (Å²) >= 11 is 5.85. The third-order valence-corrected chi connectivity index (χ3v) is 2.60. The van der Waals surface area contributed by atoms with Gasteiger partial charge in [-0.2, -0.15) is 0 Å². The van der Waals surface area contributed by atoms with Crippen molar-refractivity contribution < 1.29 is 9.90 Å². The number of hydrogen-bond acceptors (Lipinski definition) is 4. The number of carbonyl (C=O) groups is 1. The molecule has 0 fully saturated rings. The summed E-state index contributed by atoms with van der Waals surface area (Å²) in [6.45, 7) is 0.399. The third kappa shape index (κ3) is 2.62. The number of aliphatic carboxylic acids is 1. The number of halogens is 1. The van der Waals surface area contributed by atoms with Gasteiger partial charge in [0.05, 0.1) is 18.3 Å². The van der Waals surface area contributed by atoms with E-state index in [1.807, 2.05) is 0 Å². The molecule has 0 aromatic carbocycles. The van der Waals surface area contributed by atoms with Crippen molar-refractivity contribution in [2.45, 2.75) is 13.0 Å². The molecule has 2 aromatic rings. The lowest BCUT2D eigenvalue weighted by Gasteiger charge is -2.01. The van der Waals surface area contributed by atoms with Crippen molar-refractivity contribution in [1.29, 1.82) is 0 Å². The summed E-state index contributed by atoms with van der Waals surface area (Å²) in [7, 11) is 1.79. The molecule has 7 nitrogen and oxygen atoms in total. The molecule has 0 aliphatic heterocycles. The molecule has 0 aliphatic rings. The Balaban J connectivity index is 2.11. The van der Waals surface area contributed by atoms with Crippen molar-refractivity contribution in [2.24, 2.45) is 7.05 Å². The summed E-state index contributed by atoms with van der Waals surface area (Å²) in [6.07, 6.45) is 2.99. The average Bonchev–Trinajstić information content (AvgIpc) is 2.80. The third-order valence-electron chi connectivity index (χ3n) is 2.25. The minimum absolute atomic E-state index is 0.138. The monoisotopic (exact) mass is 255 g/mol. The first-order valence-corrected chi connectivity index (χ1v) is 5.21. The summed E-state index contributed by atoms with van der Waals surface area (Å²) < 4.78 is 3.25. The topological polar surface area (TPSA) is 85.8 Å². The molecular weight excluding hydrogens is 246 g/mol. The van der Waals surface area contributed by atoms with Gasteiger partial charge < -0.3 is 9.67 Å². The second-order valence-corrected chi connectivity index (χ2v) is 3.92. The van der Waals surface area contributed by atoms with Crippen LogP contribution in [-0.2, 0) is 24.8 Å². The first-order chi connectivity index (χ1) is 8.06. The maximum Gasteiger partial charge on any atom is 0.309 e. The smallest absolute Gasteiger partial charge is 0.309 e. The van der Waals surface area contributed by atoms with Crippen molar-refractivity contribution >= 4 is 17.6 Å². The molecule has 17 heavy (non-hydrogen) atoms. The zero-order valence-corrected chi connectivity index (χ0v) is 9.79. The predicted octanol–water partition coefficient (Wildman–Crippen LogP) is 0.340. The molecule has 1 N–H and O–H groups in total. The Kier molecular flexibility index (Phi) is 3.10. The van der Waals surface area contributed by atoms with E-state index in [9.17, 15) is 4.79 Å². The Hall–Kier alpha value is -1.89.